The van der Waals surface area contributed by atoms with Crippen molar-refractivity contribution in [3.63, 3.8) is 0 Å². The van der Waals surface area contributed by atoms with E-state index in [4.69, 9.17) is 0 Å². The van der Waals surface area contributed by atoms with Crippen molar-refractivity contribution < 1.29 is 9.90 Å². The number of nitrogens with zero attached hydrogens (tertiary/aromatic N) is 1. The lowest BCUT2D eigenvalue weighted by Gasteiger charge is -2.34. The van der Waals surface area contributed by atoms with Crippen LogP contribution in [-0.4, -0.2) is 30.1 Å². The Morgan fingerprint density at radius 3 is 2.38 bits per heavy atom. The predicted octanol–water partition coefficient (Wildman–Crippen LogP) is 3.22. The molecule has 1 unspecified atom stereocenters. The van der Waals surface area contributed by atoms with Crippen LogP contribution in [0.1, 0.15) is 24.8 Å². The van der Waals surface area contributed by atoms with Crippen LogP contribution in [-0.2, 0) is 4.79 Å². The summed E-state index contributed by atoms with van der Waals surface area (Å²) in [5.74, 6) is -0.782. The van der Waals surface area contributed by atoms with Crippen LogP contribution in [0.5, 0.6) is 0 Å². The first-order valence-corrected chi connectivity index (χ1v) is 6.53. The molecule has 1 atom stereocenters. The molecular formula is C11H16BrNO2S. The second-order valence-electron chi connectivity index (χ2n) is 4.53. The molecule has 1 heterocycles. The molecule has 1 N–H and O–H groups in total. The van der Waals surface area contributed by atoms with Crippen LogP contribution in [0.3, 0.4) is 0 Å². The monoisotopic (exact) mass is 305 g/mol. The third kappa shape index (κ3) is 2.64. The van der Waals surface area contributed by atoms with E-state index in [1.807, 2.05) is 31.1 Å². The van der Waals surface area contributed by atoms with Gasteiger partial charge in [0.2, 0.25) is 0 Å². The Morgan fingerprint density at radius 2 is 2.06 bits per heavy atom. The first-order chi connectivity index (χ1) is 7.26. The smallest absolute Gasteiger partial charge is 0.311 e. The van der Waals surface area contributed by atoms with Crippen molar-refractivity contribution in [2.24, 2.45) is 5.41 Å². The zero-order chi connectivity index (χ0) is 12.5. The molecule has 0 aliphatic carbocycles. The topological polar surface area (TPSA) is 40.5 Å². The van der Waals surface area contributed by atoms with Gasteiger partial charge in [0.05, 0.1) is 15.2 Å². The molecule has 90 valence electrons. The van der Waals surface area contributed by atoms with Crippen molar-refractivity contribution in [1.29, 1.82) is 0 Å². The molecule has 0 aliphatic heterocycles. The molecule has 1 rings (SSSR count). The first kappa shape index (κ1) is 13.7. The maximum absolute atomic E-state index is 11.3. The minimum Gasteiger partial charge on any atom is -0.481 e. The summed E-state index contributed by atoms with van der Waals surface area (Å²) >= 11 is 4.99. The lowest BCUT2D eigenvalue weighted by Crippen LogP contribution is -2.38. The Labute approximate surface area is 108 Å². The van der Waals surface area contributed by atoms with Gasteiger partial charge in [-0.15, -0.1) is 11.3 Å². The number of aliphatic carboxylic acids is 1. The maximum Gasteiger partial charge on any atom is 0.311 e. The number of rotatable bonds is 4. The molecule has 0 fully saturated rings. The third-order valence-electron chi connectivity index (χ3n) is 2.61. The molecule has 0 bridgehead atoms. The fourth-order valence-electron chi connectivity index (χ4n) is 1.85. The van der Waals surface area contributed by atoms with Gasteiger partial charge in [0.15, 0.2) is 0 Å². The standard InChI is InChI=1S/C11H16BrNO2S/c1-11(2,10(14)15)9(13(3)4)7-5-6-8(12)16-7/h5-6,9H,1-4H3,(H,14,15). The van der Waals surface area contributed by atoms with Crippen molar-refractivity contribution in [3.8, 4) is 0 Å². The number of carboxylic acids is 1. The second kappa shape index (κ2) is 4.85. The van der Waals surface area contributed by atoms with Gasteiger partial charge < -0.3 is 10.0 Å². The molecule has 1 aromatic heterocycles. The highest BCUT2D eigenvalue weighted by molar-refractivity contribution is 9.11. The minimum atomic E-state index is -0.812. The van der Waals surface area contributed by atoms with Gasteiger partial charge in [-0.2, -0.15) is 0 Å². The van der Waals surface area contributed by atoms with Crippen LogP contribution in [0.25, 0.3) is 0 Å². The molecule has 3 nitrogen and oxygen atoms in total. The molecule has 0 saturated heterocycles. The van der Waals surface area contributed by atoms with Crippen LogP contribution in [0.2, 0.25) is 0 Å². The van der Waals surface area contributed by atoms with Gasteiger partial charge in [0.25, 0.3) is 0 Å². The van der Waals surface area contributed by atoms with Crippen LogP contribution in [0, 0.1) is 5.41 Å². The highest BCUT2D eigenvalue weighted by Crippen LogP contribution is 2.41. The highest BCUT2D eigenvalue weighted by atomic mass is 79.9. The number of halogens is 1. The van der Waals surface area contributed by atoms with E-state index < -0.39 is 11.4 Å². The number of hydrogen-bond acceptors (Lipinski definition) is 3. The van der Waals surface area contributed by atoms with Crippen LogP contribution >= 0.6 is 27.3 Å². The van der Waals surface area contributed by atoms with E-state index in [9.17, 15) is 9.90 Å². The van der Waals surface area contributed by atoms with E-state index >= 15 is 0 Å². The number of carbonyl (C=O) groups is 1. The second-order valence-corrected chi connectivity index (χ2v) is 7.03. The average molecular weight is 306 g/mol. The zero-order valence-corrected chi connectivity index (χ0v) is 12.2. The summed E-state index contributed by atoms with van der Waals surface area (Å²) in [7, 11) is 3.81. The van der Waals surface area contributed by atoms with Crippen LogP contribution < -0.4 is 0 Å². The largest absolute Gasteiger partial charge is 0.481 e. The SMILES string of the molecule is CN(C)C(c1ccc(Br)s1)C(C)(C)C(=O)O. The zero-order valence-electron chi connectivity index (χ0n) is 9.82. The molecular weight excluding hydrogens is 290 g/mol. The van der Waals surface area contributed by atoms with Gasteiger partial charge in [-0.3, -0.25) is 4.79 Å². The summed E-state index contributed by atoms with van der Waals surface area (Å²) in [5, 5.41) is 9.29. The van der Waals surface area contributed by atoms with Gasteiger partial charge in [0, 0.05) is 4.88 Å². The van der Waals surface area contributed by atoms with Crippen molar-refractivity contribution >= 4 is 33.2 Å². The van der Waals surface area contributed by atoms with Crippen molar-refractivity contribution in [3.05, 3.63) is 20.8 Å². The third-order valence-corrected chi connectivity index (χ3v) is 4.29. The van der Waals surface area contributed by atoms with Crippen molar-refractivity contribution in [2.45, 2.75) is 19.9 Å². The van der Waals surface area contributed by atoms with E-state index in [1.165, 1.54) is 0 Å². The molecule has 16 heavy (non-hydrogen) atoms. The molecule has 0 amide bonds. The normalized spacial score (nSPS) is 14.1. The minimum absolute atomic E-state index is 0.124. The fraction of sp³-hybridized carbons (Fsp3) is 0.545. The van der Waals surface area contributed by atoms with Crippen LogP contribution in [0.4, 0.5) is 0 Å². The summed E-state index contributed by atoms with van der Waals surface area (Å²) in [6.07, 6.45) is 0. The van der Waals surface area contributed by atoms with Gasteiger partial charge in [-0.1, -0.05) is 0 Å². The Kier molecular flexibility index (Phi) is 4.15. The molecule has 5 heteroatoms. The Balaban J connectivity index is 3.15. The summed E-state index contributed by atoms with van der Waals surface area (Å²) in [4.78, 5) is 14.3. The molecule has 0 saturated carbocycles. The molecule has 0 aromatic carbocycles. The summed E-state index contributed by atoms with van der Waals surface area (Å²) in [6, 6.07) is 3.81. The predicted molar refractivity (Wildman–Crippen MR) is 69.9 cm³/mol. The summed E-state index contributed by atoms with van der Waals surface area (Å²) in [6.45, 7) is 3.52. The van der Waals surface area contributed by atoms with Gasteiger partial charge in [-0.25, -0.2) is 0 Å². The van der Waals surface area contributed by atoms with E-state index in [-0.39, 0.29) is 6.04 Å². The molecule has 0 radical (unpaired) electrons. The summed E-state index contributed by atoms with van der Waals surface area (Å²) in [5.41, 5.74) is -0.812. The van der Waals surface area contributed by atoms with Gasteiger partial charge in [-0.05, 0) is 56.0 Å². The quantitative estimate of drug-likeness (QED) is 0.928. The average Bonchev–Trinajstić information content (AvgIpc) is 2.50. The highest BCUT2D eigenvalue weighted by Gasteiger charge is 2.40. The van der Waals surface area contributed by atoms with Gasteiger partial charge >= 0.3 is 5.97 Å². The Morgan fingerprint density at radius 1 is 1.50 bits per heavy atom. The van der Waals surface area contributed by atoms with Gasteiger partial charge in [0.1, 0.15) is 0 Å². The lowest BCUT2D eigenvalue weighted by molar-refractivity contribution is -0.150. The van der Waals surface area contributed by atoms with Crippen molar-refractivity contribution in [2.75, 3.05) is 14.1 Å². The Bertz CT molecular complexity index is 387. The van der Waals surface area contributed by atoms with E-state index in [0.717, 1.165) is 8.66 Å². The van der Waals surface area contributed by atoms with E-state index in [2.05, 4.69) is 15.9 Å². The Hall–Kier alpha value is -0.390. The molecule has 1 aromatic rings. The summed E-state index contributed by atoms with van der Waals surface area (Å²) < 4.78 is 1.02. The molecule has 0 aliphatic rings. The van der Waals surface area contributed by atoms with E-state index in [1.54, 1.807) is 25.2 Å². The number of hydrogen-bond donors (Lipinski definition) is 1. The maximum atomic E-state index is 11.3. The lowest BCUT2D eigenvalue weighted by atomic mass is 9.83. The number of carboxylic acid groups (broad SMARTS) is 1. The van der Waals surface area contributed by atoms with Crippen LogP contribution in [0.15, 0.2) is 15.9 Å². The fourth-order valence-corrected chi connectivity index (χ4v) is 3.66. The van der Waals surface area contributed by atoms with E-state index in [0.29, 0.717) is 0 Å². The molecule has 0 spiro atoms. The number of thiophene rings is 1. The van der Waals surface area contributed by atoms with Crippen molar-refractivity contribution in [1.82, 2.24) is 4.90 Å². The first-order valence-electron chi connectivity index (χ1n) is 4.92.